The number of aromatic amines is 1. The van der Waals surface area contributed by atoms with Crippen LogP contribution in [0.15, 0.2) is 30.6 Å². The lowest BCUT2D eigenvalue weighted by atomic mass is 10.3. The van der Waals surface area contributed by atoms with Gasteiger partial charge in [0, 0.05) is 24.3 Å². The number of rotatable bonds is 4. The molecular weight excluding hydrogens is 232 g/mol. The van der Waals surface area contributed by atoms with Gasteiger partial charge in [-0.15, -0.1) is 0 Å². The highest BCUT2D eigenvalue weighted by Gasteiger charge is 2.01. The lowest BCUT2D eigenvalue weighted by Crippen LogP contribution is -2.30. The number of nitrogens with zero attached hydrogens (tertiary/aromatic N) is 2. The van der Waals surface area contributed by atoms with Crippen molar-refractivity contribution in [2.24, 2.45) is 0 Å². The number of aromatic nitrogens is 3. The van der Waals surface area contributed by atoms with Crippen molar-refractivity contribution in [2.75, 3.05) is 17.6 Å². The molecule has 0 saturated carbocycles. The van der Waals surface area contributed by atoms with Crippen LogP contribution in [0.5, 0.6) is 0 Å². The standard InChI is InChI=1S/C11H14N6O/c12-8-1-3-9(4-2-8)16-11(18)13-6-5-10-14-7-15-17-10/h1-4,7H,5-6,12H2,(H2,13,16,18)(H,14,15,17). The molecule has 1 heterocycles. The number of anilines is 2. The number of carbonyl (C=O) groups excluding carboxylic acids is 1. The number of H-pyrrole nitrogens is 1. The number of urea groups is 1. The summed E-state index contributed by atoms with van der Waals surface area (Å²) in [5.74, 6) is 0.739. The van der Waals surface area contributed by atoms with E-state index in [0.717, 1.165) is 5.82 Å². The Morgan fingerprint density at radius 1 is 1.33 bits per heavy atom. The summed E-state index contributed by atoms with van der Waals surface area (Å²) in [4.78, 5) is 15.5. The Bertz CT molecular complexity index is 493. The molecule has 0 unspecified atom stereocenters. The number of carbonyl (C=O) groups is 1. The van der Waals surface area contributed by atoms with Crippen LogP contribution in [0.3, 0.4) is 0 Å². The van der Waals surface area contributed by atoms with Gasteiger partial charge in [0.1, 0.15) is 12.2 Å². The third-order valence-corrected chi connectivity index (χ3v) is 2.28. The Labute approximate surface area is 104 Å². The fourth-order valence-corrected chi connectivity index (χ4v) is 1.39. The predicted molar refractivity (Wildman–Crippen MR) is 68.0 cm³/mol. The first kappa shape index (κ1) is 11.9. The topological polar surface area (TPSA) is 109 Å². The maximum absolute atomic E-state index is 11.5. The van der Waals surface area contributed by atoms with Gasteiger partial charge in [0.2, 0.25) is 0 Å². The molecule has 0 atom stereocenters. The molecule has 2 rings (SSSR count). The molecule has 94 valence electrons. The van der Waals surface area contributed by atoms with Crippen molar-refractivity contribution >= 4 is 17.4 Å². The molecule has 0 fully saturated rings. The van der Waals surface area contributed by atoms with Gasteiger partial charge >= 0.3 is 6.03 Å². The molecule has 0 aliphatic rings. The minimum atomic E-state index is -0.265. The van der Waals surface area contributed by atoms with Crippen LogP contribution in [-0.2, 0) is 6.42 Å². The van der Waals surface area contributed by atoms with Crippen LogP contribution in [0.1, 0.15) is 5.82 Å². The van der Waals surface area contributed by atoms with Gasteiger partial charge in [0.25, 0.3) is 0 Å². The van der Waals surface area contributed by atoms with Crippen molar-refractivity contribution in [3.8, 4) is 0 Å². The molecule has 5 N–H and O–H groups in total. The smallest absolute Gasteiger partial charge is 0.319 e. The zero-order chi connectivity index (χ0) is 12.8. The molecule has 1 aromatic heterocycles. The van der Waals surface area contributed by atoms with E-state index in [9.17, 15) is 4.79 Å². The number of benzene rings is 1. The molecule has 1 aromatic carbocycles. The minimum absolute atomic E-state index is 0.265. The number of nitrogen functional groups attached to an aromatic ring is 1. The van der Waals surface area contributed by atoms with Crippen LogP contribution in [0.2, 0.25) is 0 Å². The third-order valence-electron chi connectivity index (χ3n) is 2.28. The number of nitrogens with two attached hydrogens (primary N) is 1. The Morgan fingerprint density at radius 3 is 2.78 bits per heavy atom. The summed E-state index contributed by atoms with van der Waals surface area (Å²) < 4.78 is 0. The van der Waals surface area contributed by atoms with Crippen LogP contribution in [0, 0.1) is 0 Å². The summed E-state index contributed by atoms with van der Waals surface area (Å²) in [5.41, 5.74) is 6.90. The van der Waals surface area contributed by atoms with E-state index in [4.69, 9.17) is 5.73 Å². The number of hydrogen-bond donors (Lipinski definition) is 4. The van der Waals surface area contributed by atoms with Crippen LogP contribution >= 0.6 is 0 Å². The van der Waals surface area contributed by atoms with E-state index in [-0.39, 0.29) is 6.03 Å². The molecule has 0 aliphatic carbocycles. The van der Waals surface area contributed by atoms with Gasteiger partial charge in [-0.1, -0.05) is 0 Å². The Morgan fingerprint density at radius 2 is 2.11 bits per heavy atom. The normalized spacial score (nSPS) is 10.0. The predicted octanol–water partition coefficient (Wildman–Crippen LogP) is 0.751. The largest absolute Gasteiger partial charge is 0.399 e. The van der Waals surface area contributed by atoms with Crippen LogP contribution < -0.4 is 16.4 Å². The fourth-order valence-electron chi connectivity index (χ4n) is 1.39. The van der Waals surface area contributed by atoms with Gasteiger partial charge in [-0.25, -0.2) is 9.78 Å². The molecule has 0 bridgehead atoms. The second-order valence-corrected chi connectivity index (χ2v) is 3.69. The molecule has 2 amide bonds. The summed E-state index contributed by atoms with van der Waals surface area (Å²) in [5, 5.41) is 11.9. The van der Waals surface area contributed by atoms with Crippen molar-refractivity contribution in [3.63, 3.8) is 0 Å². The fraction of sp³-hybridized carbons (Fsp3) is 0.182. The molecule has 0 spiro atoms. The van der Waals surface area contributed by atoms with Gasteiger partial charge in [-0.2, -0.15) is 5.10 Å². The number of hydrogen-bond acceptors (Lipinski definition) is 4. The lowest BCUT2D eigenvalue weighted by Gasteiger charge is -2.06. The Hall–Kier alpha value is -2.57. The Balaban J connectivity index is 1.73. The van der Waals surface area contributed by atoms with Gasteiger partial charge < -0.3 is 16.4 Å². The highest BCUT2D eigenvalue weighted by atomic mass is 16.2. The van der Waals surface area contributed by atoms with Crippen LogP contribution in [0.25, 0.3) is 0 Å². The molecule has 0 saturated heterocycles. The number of amides is 2. The molecule has 2 aromatic rings. The van der Waals surface area contributed by atoms with E-state index < -0.39 is 0 Å². The Kier molecular flexibility index (Phi) is 3.75. The van der Waals surface area contributed by atoms with Crippen molar-refractivity contribution in [1.29, 1.82) is 0 Å². The molecule has 0 radical (unpaired) electrons. The molecule has 7 heteroatoms. The van der Waals surface area contributed by atoms with Gasteiger partial charge in [0.15, 0.2) is 0 Å². The second kappa shape index (κ2) is 5.67. The first-order valence-corrected chi connectivity index (χ1v) is 5.48. The van der Waals surface area contributed by atoms with Gasteiger partial charge in [-0.05, 0) is 24.3 Å². The minimum Gasteiger partial charge on any atom is -0.399 e. The molecular formula is C11H14N6O. The van der Waals surface area contributed by atoms with E-state index >= 15 is 0 Å². The van der Waals surface area contributed by atoms with Crippen molar-refractivity contribution in [3.05, 3.63) is 36.4 Å². The summed E-state index contributed by atoms with van der Waals surface area (Å²) >= 11 is 0. The molecule has 0 aliphatic heterocycles. The molecule has 7 nitrogen and oxygen atoms in total. The van der Waals surface area contributed by atoms with Crippen LogP contribution in [-0.4, -0.2) is 27.8 Å². The molecule has 18 heavy (non-hydrogen) atoms. The van der Waals surface area contributed by atoms with E-state index in [0.29, 0.717) is 24.3 Å². The first-order valence-electron chi connectivity index (χ1n) is 5.48. The van der Waals surface area contributed by atoms with Crippen LogP contribution in [0.4, 0.5) is 16.2 Å². The lowest BCUT2D eigenvalue weighted by molar-refractivity contribution is 0.252. The third kappa shape index (κ3) is 3.48. The average molecular weight is 246 g/mol. The summed E-state index contributed by atoms with van der Waals surface area (Å²) in [7, 11) is 0. The highest BCUT2D eigenvalue weighted by molar-refractivity contribution is 5.89. The number of nitrogens with one attached hydrogen (secondary N) is 3. The maximum atomic E-state index is 11.5. The second-order valence-electron chi connectivity index (χ2n) is 3.69. The van der Waals surface area contributed by atoms with Crippen molar-refractivity contribution in [1.82, 2.24) is 20.5 Å². The zero-order valence-corrected chi connectivity index (χ0v) is 9.68. The van der Waals surface area contributed by atoms with Crippen molar-refractivity contribution < 1.29 is 4.79 Å². The van der Waals surface area contributed by atoms with Gasteiger partial charge in [0.05, 0.1) is 0 Å². The van der Waals surface area contributed by atoms with E-state index in [1.54, 1.807) is 24.3 Å². The summed E-state index contributed by atoms with van der Waals surface area (Å²) in [6.07, 6.45) is 2.04. The van der Waals surface area contributed by atoms with E-state index in [1.165, 1.54) is 6.33 Å². The average Bonchev–Trinajstić information content (AvgIpc) is 2.85. The van der Waals surface area contributed by atoms with E-state index in [2.05, 4.69) is 25.8 Å². The first-order chi connectivity index (χ1) is 8.74. The van der Waals surface area contributed by atoms with Gasteiger partial charge in [-0.3, -0.25) is 5.10 Å². The monoisotopic (exact) mass is 246 g/mol. The van der Waals surface area contributed by atoms with E-state index in [1.807, 2.05) is 0 Å². The summed E-state index contributed by atoms with van der Waals surface area (Å²) in [6, 6.07) is 6.67. The zero-order valence-electron chi connectivity index (χ0n) is 9.68. The quantitative estimate of drug-likeness (QED) is 0.597. The van der Waals surface area contributed by atoms with Crippen molar-refractivity contribution in [2.45, 2.75) is 6.42 Å². The SMILES string of the molecule is Nc1ccc(NC(=O)NCCc2ncn[nH]2)cc1. The summed E-state index contributed by atoms with van der Waals surface area (Å²) in [6.45, 7) is 0.482. The highest BCUT2D eigenvalue weighted by Crippen LogP contribution is 2.09. The maximum Gasteiger partial charge on any atom is 0.319 e.